The van der Waals surface area contributed by atoms with Crippen LogP contribution in [0.1, 0.15) is 11.4 Å². The van der Waals surface area contributed by atoms with Gasteiger partial charge in [-0.3, -0.25) is 0 Å². The summed E-state index contributed by atoms with van der Waals surface area (Å²) < 4.78 is 8.16. The van der Waals surface area contributed by atoms with Gasteiger partial charge in [-0.15, -0.1) is 10.2 Å². The molecule has 0 amide bonds. The van der Waals surface area contributed by atoms with E-state index in [-0.39, 0.29) is 6.61 Å². The second-order valence-electron chi connectivity index (χ2n) is 3.40. The molecule has 1 aromatic heterocycles. The summed E-state index contributed by atoms with van der Waals surface area (Å²) in [6.07, 6.45) is 1.60. The zero-order valence-corrected chi connectivity index (χ0v) is 10.7. The summed E-state index contributed by atoms with van der Waals surface area (Å²) in [7, 11) is 1.84. The summed E-state index contributed by atoms with van der Waals surface area (Å²) in [6.45, 7) is 0.285. The van der Waals surface area contributed by atoms with Gasteiger partial charge in [0, 0.05) is 11.5 Å². The van der Waals surface area contributed by atoms with E-state index in [9.17, 15) is 0 Å². The van der Waals surface area contributed by atoms with Gasteiger partial charge in [0.15, 0.2) is 5.82 Å². The molecular weight excluding hydrogens is 284 g/mol. The smallest absolute Gasteiger partial charge is 0.170 e. The van der Waals surface area contributed by atoms with Crippen molar-refractivity contribution in [2.24, 2.45) is 7.05 Å². The molecule has 0 saturated heterocycles. The molecule has 0 saturated carbocycles. The van der Waals surface area contributed by atoms with E-state index in [2.05, 4.69) is 32.2 Å². The van der Waals surface area contributed by atoms with Crippen molar-refractivity contribution in [2.75, 3.05) is 0 Å². The topological polar surface area (TPSA) is 63.7 Å². The first-order valence-electron chi connectivity index (χ1n) is 4.86. The van der Waals surface area contributed by atoms with Gasteiger partial charge < -0.3 is 9.30 Å². The molecule has 5 nitrogen and oxygen atoms in total. The molecule has 0 radical (unpaired) electrons. The van der Waals surface area contributed by atoms with Crippen LogP contribution in [0.5, 0.6) is 5.75 Å². The monoisotopic (exact) mass is 292 g/mol. The van der Waals surface area contributed by atoms with Crippen molar-refractivity contribution in [3.8, 4) is 11.8 Å². The summed E-state index contributed by atoms with van der Waals surface area (Å²) in [5.74, 6) is 1.25. The van der Waals surface area contributed by atoms with Crippen LogP contribution >= 0.6 is 15.9 Å². The van der Waals surface area contributed by atoms with Crippen molar-refractivity contribution >= 4 is 15.9 Å². The summed E-state index contributed by atoms with van der Waals surface area (Å²) in [5, 5.41) is 16.6. The van der Waals surface area contributed by atoms with Gasteiger partial charge in [-0.25, -0.2) is 0 Å². The standard InChI is InChI=1S/C11H9BrN4O/c1-16-7-14-15-11(16)6-17-10-3-2-9(12)4-8(10)5-13/h2-4,7H,6H2,1H3. The first kappa shape index (κ1) is 11.6. The molecule has 2 aromatic rings. The van der Waals surface area contributed by atoms with Gasteiger partial charge in [0.25, 0.3) is 0 Å². The maximum Gasteiger partial charge on any atom is 0.170 e. The van der Waals surface area contributed by atoms with Gasteiger partial charge >= 0.3 is 0 Å². The molecule has 0 aliphatic heterocycles. The average Bonchev–Trinajstić information content (AvgIpc) is 2.73. The van der Waals surface area contributed by atoms with Crippen LogP contribution < -0.4 is 4.74 Å². The van der Waals surface area contributed by atoms with Crippen molar-refractivity contribution in [3.63, 3.8) is 0 Å². The Morgan fingerprint density at radius 2 is 2.35 bits per heavy atom. The van der Waals surface area contributed by atoms with E-state index in [1.165, 1.54) is 0 Å². The second-order valence-corrected chi connectivity index (χ2v) is 4.31. The van der Waals surface area contributed by atoms with Crippen molar-refractivity contribution in [1.29, 1.82) is 5.26 Å². The number of halogens is 1. The quantitative estimate of drug-likeness (QED) is 0.868. The van der Waals surface area contributed by atoms with E-state index in [4.69, 9.17) is 10.00 Å². The molecule has 0 aliphatic rings. The third-order valence-electron chi connectivity index (χ3n) is 2.22. The predicted octanol–water partition coefficient (Wildman–Crippen LogP) is 2.03. The molecule has 0 bridgehead atoms. The summed E-state index contributed by atoms with van der Waals surface area (Å²) >= 11 is 3.31. The van der Waals surface area contributed by atoms with E-state index in [0.717, 1.165) is 4.47 Å². The summed E-state index contributed by atoms with van der Waals surface area (Å²) in [5.41, 5.74) is 0.488. The minimum Gasteiger partial charge on any atom is -0.484 e. The molecule has 1 heterocycles. The van der Waals surface area contributed by atoms with Crippen LogP contribution in [-0.4, -0.2) is 14.8 Å². The predicted molar refractivity (Wildman–Crippen MR) is 64.2 cm³/mol. The van der Waals surface area contributed by atoms with Crippen LogP contribution in [-0.2, 0) is 13.7 Å². The molecule has 0 spiro atoms. The second kappa shape index (κ2) is 4.97. The van der Waals surface area contributed by atoms with E-state index in [1.54, 1.807) is 23.0 Å². The molecule has 0 atom stereocenters. The minimum atomic E-state index is 0.285. The molecular formula is C11H9BrN4O. The number of nitrogens with zero attached hydrogens (tertiary/aromatic N) is 4. The highest BCUT2D eigenvalue weighted by Crippen LogP contribution is 2.22. The third-order valence-corrected chi connectivity index (χ3v) is 2.72. The molecule has 2 rings (SSSR count). The lowest BCUT2D eigenvalue weighted by atomic mass is 10.2. The number of benzene rings is 1. The Balaban J connectivity index is 2.15. The number of ether oxygens (including phenoxy) is 1. The number of aryl methyl sites for hydroxylation is 1. The first-order valence-corrected chi connectivity index (χ1v) is 5.65. The lowest BCUT2D eigenvalue weighted by Gasteiger charge is -2.07. The van der Waals surface area contributed by atoms with Crippen LogP contribution in [0.4, 0.5) is 0 Å². The van der Waals surface area contributed by atoms with E-state index in [1.807, 2.05) is 13.1 Å². The van der Waals surface area contributed by atoms with Gasteiger partial charge in [-0.05, 0) is 18.2 Å². The van der Waals surface area contributed by atoms with Crippen LogP contribution in [0.15, 0.2) is 29.0 Å². The SMILES string of the molecule is Cn1cnnc1COc1ccc(Br)cc1C#N. The fourth-order valence-electron chi connectivity index (χ4n) is 1.30. The highest BCUT2D eigenvalue weighted by molar-refractivity contribution is 9.10. The highest BCUT2D eigenvalue weighted by Gasteiger charge is 2.06. The molecule has 17 heavy (non-hydrogen) atoms. The van der Waals surface area contributed by atoms with Crippen LogP contribution in [0, 0.1) is 11.3 Å². The normalized spacial score (nSPS) is 9.94. The minimum absolute atomic E-state index is 0.285. The number of aromatic nitrogens is 3. The number of hydrogen-bond acceptors (Lipinski definition) is 4. The summed E-state index contributed by atoms with van der Waals surface area (Å²) in [4.78, 5) is 0. The molecule has 86 valence electrons. The number of nitriles is 1. The highest BCUT2D eigenvalue weighted by atomic mass is 79.9. The van der Waals surface area contributed by atoms with Gasteiger partial charge in [0.05, 0.1) is 5.56 Å². The van der Waals surface area contributed by atoms with Crippen LogP contribution in [0.25, 0.3) is 0 Å². The van der Waals surface area contributed by atoms with Crippen LogP contribution in [0.2, 0.25) is 0 Å². The Labute approximate surface area is 107 Å². The zero-order valence-electron chi connectivity index (χ0n) is 9.09. The lowest BCUT2D eigenvalue weighted by molar-refractivity contribution is 0.290. The Kier molecular flexibility index (Phi) is 3.40. The van der Waals surface area contributed by atoms with E-state index < -0.39 is 0 Å². The van der Waals surface area contributed by atoms with Gasteiger partial charge in [0.1, 0.15) is 24.8 Å². The van der Waals surface area contributed by atoms with Crippen molar-refractivity contribution in [3.05, 3.63) is 40.4 Å². The summed E-state index contributed by atoms with van der Waals surface area (Å²) in [6, 6.07) is 7.37. The molecule has 0 unspecified atom stereocenters. The Bertz CT molecular complexity index is 573. The number of rotatable bonds is 3. The molecule has 6 heteroatoms. The van der Waals surface area contributed by atoms with Crippen LogP contribution in [0.3, 0.4) is 0 Å². The van der Waals surface area contributed by atoms with Gasteiger partial charge in [-0.1, -0.05) is 15.9 Å². The van der Waals surface area contributed by atoms with Crippen molar-refractivity contribution < 1.29 is 4.74 Å². The molecule has 1 aromatic carbocycles. The first-order chi connectivity index (χ1) is 8.20. The lowest BCUT2D eigenvalue weighted by Crippen LogP contribution is -2.03. The Hall–Kier alpha value is -1.87. The third kappa shape index (κ3) is 2.63. The Morgan fingerprint density at radius 1 is 1.53 bits per heavy atom. The van der Waals surface area contributed by atoms with E-state index >= 15 is 0 Å². The fourth-order valence-corrected chi connectivity index (χ4v) is 1.66. The van der Waals surface area contributed by atoms with Gasteiger partial charge in [-0.2, -0.15) is 5.26 Å². The molecule has 0 N–H and O–H groups in total. The largest absolute Gasteiger partial charge is 0.484 e. The van der Waals surface area contributed by atoms with Gasteiger partial charge in [0.2, 0.25) is 0 Å². The van der Waals surface area contributed by atoms with Crippen molar-refractivity contribution in [2.45, 2.75) is 6.61 Å². The maximum atomic E-state index is 8.97. The average molecular weight is 293 g/mol. The Morgan fingerprint density at radius 3 is 3.00 bits per heavy atom. The maximum absolute atomic E-state index is 8.97. The molecule has 0 fully saturated rings. The van der Waals surface area contributed by atoms with Crippen molar-refractivity contribution in [1.82, 2.24) is 14.8 Å². The number of hydrogen-bond donors (Lipinski definition) is 0. The fraction of sp³-hybridized carbons (Fsp3) is 0.182. The molecule has 0 aliphatic carbocycles. The zero-order chi connectivity index (χ0) is 12.3. The van der Waals surface area contributed by atoms with E-state index in [0.29, 0.717) is 17.1 Å².